The number of aldehydes is 1. The van der Waals surface area contributed by atoms with E-state index in [-0.39, 0.29) is 5.92 Å². The summed E-state index contributed by atoms with van der Waals surface area (Å²) in [5.74, 6) is 0.0703. The number of likely N-dealkylation sites (N-methyl/N-ethyl adjacent to an activating group) is 1. The fourth-order valence-corrected chi connectivity index (χ4v) is 6.40. The van der Waals surface area contributed by atoms with Crippen LogP contribution in [0.4, 0.5) is 5.69 Å². The molecule has 34 heavy (non-hydrogen) atoms. The third kappa shape index (κ3) is 6.01. The van der Waals surface area contributed by atoms with Crippen LogP contribution in [0.15, 0.2) is 24.4 Å². The summed E-state index contributed by atoms with van der Waals surface area (Å²) in [6.45, 7) is 13.5. The van der Waals surface area contributed by atoms with E-state index in [1.54, 1.807) is 0 Å². The summed E-state index contributed by atoms with van der Waals surface area (Å²) in [6.07, 6.45) is 11.9. The molecule has 2 saturated heterocycles. The molecule has 0 aromatic carbocycles. The van der Waals surface area contributed by atoms with Gasteiger partial charge in [-0.25, -0.2) is 0 Å². The number of piperazine rings is 1. The summed E-state index contributed by atoms with van der Waals surface area (Å²) in [4.78, 5) is 24.0. The highest BCUT2D eigenvalue weighted by Gasteiger charge is 2.30. The first-order valence-electron chi connectivity index (χ1n) is 13.6. The highest BCUT2D eigenvalue weighted by Crippen LogP contribution is 2.30. The molecule has 0 bridgehead atoms. The zero-order valence-electron chi connectivity index (χ0n) is 21.5. The standard InChI is InChI=1S/C28H45N5O/c1-22(29-3)26(10-7-21-34)27-11-12-28(23(2)30-27)33-15-13-25(14-16-33)32-19-17-31(18-20-32)24-8-5-4-6-9-24/h11-12,21,24-26,29H,1,4-10,13-20H2,2-3H3. The maximum absolute atomic E-state index is 10.9. The molecule has 0 amide bonds. The predicted octanol–water partition coefficient (Wildman–Crippen LogP) is 4.10. The Kier molecular flexibility index (Phi) is 9.01. The van der Waals surface area contributed by atoms with Crippen LogP contribution in [0.5, 0.6) is 0 Å². The van der Waals surface area contributed by atoms with Crippen molar-refractivity contribution in [3.8, 4) is 0 Å². The number of hydrogen-bond donors (Lipinski definition) is 1. The van der Waals surface area contributed by atoms with Crippen LogP contribution in [-0.2, 0) is 4.79 Å². The summed E-state index contributed by atoms with van der Waals surface area (Å²) in [5, 5.41) is 3.16. The van der Waals surface area contributed by atoms with Crippen molar-refractivity contribution in [3.63, 3.8) is 0 Å². The molecular weight excluding hydrogens is 422 g/mol. The van der Waals surface area contributed by atoms with E-state index >= 15 is 0 Å². The molecule has 1 aromatic heterocycles. The minimum atomic E-state index is 0.0703. The van der Waals surface area contributed by atoms with Gasteiger partial charge in [0.2, 0.25) is 0 Å². The quantitative estimate of drug-likeness (QED) is 0.552. The number of allylic oxidation sites excluding steroid dienone is 1. The van der Waals surface area contributed by atoms with Crippen LogP contribution in [0.3, 0.4) is 0 Å². The third-order valence-corrected chi connectivity index (χ3v) is 8.51. The first-order chi connectivity index (χ1) is 16.6. The summed E-state index contributed by atoms with van der Waals surface area (Å²) >= 11 is 0. The van der Waals surface area contributed by atoms with Gasteiger partial charge in [0.15, 0.2) is 0 Å². The summed E-state index contributed by atoms with van der Waals surface area (Å²) in [5.41, 5.74) is 4.27. The first kappa shape index (κ1) is 25.2. The number of hydrogen-bond acceptors (Lipinski definition) is 6. The van der Waals surface area contributed by atoms with Gasteiger partial charge in [-0.2, -0.15) is 0 Å². The van der Waals surface area contributed by atoms with Crippen molar-refractivity contribution < 1.29 is 4.79 Å². The maximum Gasteiger partial charge on any atom is 0.120 e. The van der Waals surface area contributed by atoms with Crippen LogP contribution in [0.2, 0.25) is 0 Å². The Labute approximate surface area is 206 Å². The van der Waals surface area contributed by atoms with Gasteiger partial charge in [0.1, 0.15) is 6.29 Å². The largest absolute Gasteiger partial charge is 0.391 e. The second kappa shape index (κ2) is 12.2. The zero-order valence-corrected chi connectivity index (χ0v) is 21.5. The molecule has 0 radical (unpaired) electrons. The fraction of sp³-hybridized carbons (Fsp3) is 0.714. The molecule has 4 rings (SSSR count). The molecule has 0 spiro atoms. The Morgan fingerprint density at radius 3 is 2.21 bits per heavy atom. The van der Waals surface area contributed by atoms with E-state index in [0.29, 0.717) is 6.42 Å². The van der Waals surface area contributed by atoms with Crippen molar-refractivity contribution in [2.24, 2.45) is 0 Å². The van der Waals surface area contributed by atoms with Gasteiger partial charge in [-0.15, -0.1) is 0 Å². The molecule has 1 atom stereocenters. The summed E-state index contributed by atoms with van der Waals surface area (Å²) in [6, 6.07) is 5.96. The number of carbonyl (C=O) groups is 1. The van der Waals surface area contributed by atoms with Crippen molar-refractivity contribution in [1.29, 1.82) is 0 Å². The Morgan fingerprint density at radius 2 is 1.65 bits per heavy atom. The maximum atomic E-state index is 10.9. The number of aryl methyl sites for hydroxylation is 1. The van der Waals surface area contributed by atoms with E-state index in [1.165, 1.54) is 76.8 Å². The molecule has 3 fully saturated rings. The van der Waals surface area contributed by atoms with Gasteiger partial charge in [0, 0.05) is 82.1 Å². The van der Waals surface area contributed by atoms with Gasteiger partial charge in [0.25, 0.3) is 0 Å². The smallest absolute Gasteiger partial charge is 0.120 e. The number of pyridine rings is 1. The van der Waals surface area contributed by atoms with E-state index in [2.05, 4.69) is 45.7 Å². The van der Waals surface area contributed by atoms with Crippen LogP contribution in [0.25, 0.3) is 0 Å². The van der Waals surface area contributed by atoms with Crippen LogP contribution >= 0.6 is 0 Å². The number of rotatable bonds is 9. The van der Waals surface area contributed by atoms with Gasteiger partial charge in [-0.05, 0) is 51.2 Å². The second-order valence-corrected chi connectivity index (χ2v) is 10.5. The van der Waals surface area contributed by atoms with E-state index < -0.39 is 0 Å². The molecule has 6 heteroatoms. The predicted molar refractivity (Wildman–Crippen MR) is 140 cm³/mol. The topological polar surface area (TPSA) is 51.7 Å². The van der Waals surface area contributed by atoms with Gasteiger partial charge in [-0.1, -0.05) is 25.8 Å². The number of aromatic nitrogens is 1. The van der Waals surface area contributed by atoms with Crippen LogP contribution in [-0.4, -0.2) is 79.5 Å². The lowest BCUT2D eigenvalue weighted by atomic mass is 9.93. The van der Waals surface area contributed by atoms with E-state index in [4.69, 9.17) is 4.98 Å². The van der Waals surface area contributed by atoms with Crippen molar-refractivity contribution in [2.75, 3.05) is 51.2 Å². The number of anilines is 1. The Bertz CT molecular complexity index is 805. The molecule has 3 aliphatic rings. The minimum Gasteiger partial charge on any atom is -0.391 e. The summed E-state index contributed by atoms with van der Waals surface area (Å²) < 4.78 is 0. The number of piperidine rings is 1. The lowest BCUT2D eigenvalue weighted by molar-refractivity contribution is -0.107. The molecule has 1 N–H and O–H groups in total. The molecular formula is C28H45N5O. The van der Waals surface area contributed by atoms with Crippen molar-refractivity contribution in [1.82, 2.24) is 20.1 Å². The minimum absolute atomic E-state index is 0.0703. The highest BCUT2D eigenvalue weighted by atomic mass is 16.1. The van der Waals surface area contributed by atoms with E-state index in [1.807, 2.05) is 7.05 Å². The van der Waals surface area contributed by atoms with Gasteiger partial charge < -0.3 is 15.0 Å². The first-order valence-corrected chi connectivity index (χ1v) is 13.6. The zero-order chi connectivity index (χ0) is 23.9. The van der Waals surface area contributed by atoms with Crippen molar-refractivity contribution in [2.45, 2.75) is 82.7 Å². The van der Waals surface area contributed by atoms with Gasteiger partial charge in [0.05, 0.1) is 11.4 Å². The average Bonchev–Trinajstić information content (AvgIpc) is 2.89. The lowest BCUT2D eigenvalue weighted by Crippen LogP contribution is -2.55. The number of carbonyl (C=O) groups excluding carboxylic acids is 1. The molecule has 1 aromatic rings. The fourth-order valence-electron chi connectivity index (χ4n) is 6.40. The van der Waals surface area contributed by atoms with Gasteiger partial charge in [-0.3, -0.25) is 14.8 Å². The molecule has 6 nitrogen and oxygen atoms in total. The van der Waals surface area contributed by atoms with Crippen molar-refractivity contribution in [3.05, 3.63) is 35.8 Å². The SMILES string of the molecule is C=C(NC)C(CCC=O)c1ccc(N2CCC(N3CCN(C4CCCCC4)CC3)CC2)c(C)n1. The van der Waals surface area contributed by atoms with E-state index in [0.717, 1.165) is 55.0 Å². The van der Waals surface area contributed by atoms with E-state index in [9.17, 15) is 4.79 Å². The Morgan fingerprint density at radius 1 is 1.03 bits per heavy atom. The van der Waals surface area contributed by atoms with Gasteiger partial charge >= 0.3 is 0 Å². The molecule has 188 valence electrons. The monoisotopic (exact) mass is 467 g/mol. The molecule has 1 aliphatic carbocycles. The highest BCUT2D eigenvalue weighted by molar-refractivity contribution is 5.52. The second-order valence-electron chi connectivity index (χ2n) is 10.5. The Balaban J connectivity index is 1.30. The lowest BCUT2D eigenvalue weighted by Gasteiger charge is -2.45. The van der Waals surface area contributed by atoms with Crippen LogP contribution in [0, 0.1) is 6.92 Å². The number of nitrogens with zero attached hydrogens (tertiary/aromatic N) is 4. The molecule has 2 aliphatic heterocycles. The molecule has 3 heterocycles. The van der Waals surface area contributed by atoms with Crippen molar-refractivity contribution >= 4 is 12.0 Å². The Hall–Kier alpha value is -1.92. The number of nitrogens with one attached hydrogen (secondary N) is 1. The van der Waals surface area contributed by atoms with Crippen LogP contribution < -0.4 is 10.2 Å². The van der Waals surface area contributed by atoms with Crippen LogP contribution in [0.1, 0.15) is 75.1 Å². The molecule has 1 saturated carbocycles. The summed E-state index contributed by atoms with van der Waals surface area (Å²) in [7, 11) is 1.89. The average molecular weight is 468 g/mol. The normalized spacial score (nSPS) is 22.5. The third-order valence-electron chi connectivity index (χ3n) is 8.51. The molecule has 1 unspecified atom stereocenters.